The van der Waals surface area contributed by atoms with E-state index in [9.17, 15) is 4.79 Å². The van der Waals surface area contributed by atoms with Crippen LogP contribution in [0, 0.1) is 0 Å². The van der Waals surface area contributed by atoms with E-state index in [-0.39, 0.29) is 6.03 Å². The number of halogens is 2. The molecule has 0 aliphatic heterocycles. The Bertz CT molecular complexity index is 634. The van der Waals surface area contributed by atoms with Gasteiger partial charge in [-0.3, -0.25) is 0 Å². The Morgan fingerprint density at radius 1 is 1.25 bits per heavy atom. The fraction of sp³-hybridized carbons (Fsp3) is 0.0714. The number of carbonyl (C=O) groups is 1. The molecule has 0 heterocycles. The molecule has 0 unspecified atom stereocenters. The van der Waals surface area contributed by atoms with Crippen LogP contribution in [0.1, 0.15) is 5.56 Å². The van der Waals surface area contributed by atoms with Crippen molar-refractivity contribution in [1.29, 1.82) is 0 Å². The van der Waals surface area contributed by atoms with Crippen molar-refractivity contribution in [2.24, 2.45) is 0 Å². The number of amides is 2. The number of nitrogen functional groups attached to an aromatic ring is 1. The minimum Gasteiger partial charge on any atom is -0.398 e. The third-order valence-electron chi connectivity index (χ3n) is 2.60. The molecule has 0 aromatic heterocycles. The molecular formula is C14H13BrClN3O. The van der Waals surface area contributed by atoms with Gasteiger partial charge < -0.3 is 16.4 Å². The van der Waals surface area contributed by atoms with Gasteiger partial charge in [-0.05, 0) is 35.9 Å². The lowest BCUT2D eigenvalue weighted by molar-refractivity contribution is 0.251. The highest BCUT2D eigenvalue weighted by Crippen LogP contribution is 2.22. The Balaban J connectivity index is 1.91. The Labute approximate surface area is 130 Å². The number of benzene rings is 2. The molecule has 0 saturated carbocycles. The predicted molar refractivity (Wildman–Crippen MR) is 85.9 cm³/mol. The first-order chi connectivity index (χ1) is 9.54. The van der Waals surface area contributed by atoms with E-state index >= 15 is 0 Å². The second kappa shape index (κ2) is 6.63. The van der Waals surface area contributed by atoms with Crippen LogP contribution in [0.3, 0.4) is 0 Å². The zero-order valence-corrected chi connectivity index (χ0v) is 12.8. The van der Waals surface area contributed by atoms with Crippen LogP contribution >= 0.6 is 27.5 Å². The predicted octanol–water partition coefficient (Wildman–Crippen LogP) is 4.01. The van der Waals surface area contributed by atoms with Crippen LogP contribution < -0.4 is 16.4 Å². The summed E-state index contributed by atoms with van der Waals surface area (Å²) in [6, 6.07) is 12.4. The highest BCUT2D eigenvalue weighted by atomic mass is 79.9. The van der Waals surface area contributed by atoms with E-state index in [0.29, 0.717) is 22.9 Å². The minimum absolute atomic E-state index is 0.300. The molecule has 0 radical (unpaired) electrons. The quantitative estimate of drug-likeness (QED) is 0.729. The fourth-order valence-electron chi connectivity index (χ4n) is 1.61. The van der Waals surface area contributed by atoms with Crippen molar-refractivity contribution in [3.8, 4) is 0 Å². The maximum Gasteiger partial charge on any atom is 0.319 e. The van der Waals surface area contributed by atoms with Crippen LogP contribution in [-0.4, -0.2) is 6.03 Å². The molecule has 2 rings (SSSR count). The maximum atomic E-state index is 11.8. The van der Waals surface area contributed by atoms with E-state index in [1.165, 1.54) is 0 Å². The fourth-order valence-corrected chi connectivity index (χ4v) is 2.24. The summed E-state index contributed by atoms with van der Waals surface area (Å²) < 4.78 is 0.975. The molecule has 104 valence electrons. The maximum absolute atomic E-state index is 11.8. The van der Waals surface area contributed by atoms with Crippen LogP contribution in [-0.2, 0) is 6.54 Å². The summed E-state index contributed by atoms with van der Waals surface area (Å²) in [6.07, 6.45) is 0. The number of nitrogens with one attached hydrogen (secondary N) is 2. The number of carbonyl (C=O) groups excluding carboxylic acids is 1. The zero-order valence-electron chi connectivity index (χ0n) is 10.5. The Morgan fingerprint density at radius 3 is 2.75 bits per heavy atom. The Hall–Kier alpha value is -1.72. The summed E-state index contributed by atoms with van der Waals surface area (Å²) in [7, 11) is 0. The van der Waals surface area contributed by atoms with Crippen molar-refractivity contribution in [3.05, 3.63) is 57.5 Å². The molecule has 4 nitrogen and oxygen atoms in total. The molecule has 0 aliphatic rings. The van der Waals surface area contributed by atoms with Gasteiger partial charge in [-0.2, -0.15) is 0 Å². The summed E-state index contributed by atoms with van der Waals surface area (Å²) in [4.78, 5) is 11.8. The van der Waals surface area contributed by atoms with Gasteiger partial charge in [0.05, 0.1) is 10.7 Å². The molecule has 0 bridgehead atoms. The van der Waals surface area contributed by atoms with E-state index in [1.807, 2.05) is 24.3 Å². The molecule has 0 aliphatic carbocycles. The van der Waals surface area contributed by atoms with Gasteiger partial charge in [0.1, 0.15) is 0 Å². The summed E-state index contributed by atoms with van der Waals surface area (Å²) in [5, 5.41) is 5.87. The number of nitrogens with two attached hydrogens (primary N) is 1. The first kappa shape index (κ1) is 14.7. The van der Waals surface area contributed by atoms with Gasteiger partial charge in [0, 0.05) is 16.7 Å². The molecule has 0 fully saturated rings. The molecule has 0 spiro atoms. The smallest absolute Gasteiger partial charge is 0.319 e. The Morgan fingerprint density at radius 2 is 2.05 bits per heavy atom. The summed E-state index contributed by atoms with van der Waals surface area (Å²) in [6.45, 7) is 0.438. The van der Waals surface area contributed by atoms with Crippen LogP contribution in [0.15, 0.2) is 46.9 Å². The highest BCUT2D eigenvalue weighted by molar-refractivity contribution is 9.10. The first-order valence-corrected chi connectivity index (χ1v) is 7.06. The number of anilines is 2. The second-order valence-corrected chi connectivity index (χ2v) is 5.50. The van der Waals surface area contributed by atoms with Crippen LogP contribution in [0.5, 0.6) is 0 Å². The Kier molecular flexibility index (Phi) is 4.87. The molecule has 4 N–H and O–H groups in total. The van der Waals surface area contributed by atoms with E-state index in [2.05, 4.69) is 26.6 Å². The van der Waals surface area contributed by atoms with Crippen molar-refractivity contribution < 1.29 is 4.79 Å². The van der Waals surface area contributed by atoms with Crippen molar-refractivity contribution in [2.75, 3.05) is 11.1 Å². The summed E-state index contributed by atoms with van der Waals surface area (Å²) in [5.74, 6) is 0. The van der Waals surface area contributed by atoms with Gasteiger partial charge in [0.25, 0.3) is 0 Å². The van der Waals surface area contributed by atoms with E-state index in [0.717, 1.165) is 10.0 Å². The topological polar surface area (TPSA) is 67.1 Å². The molecule has 0 atom stereocenters. The molecule has 2 aromatic carbocycles. The van der Waals surface area contributed by atoms with Gasteiger partial charge in [0.2, 0.25) is 0 Å². The molecule has 20 heavy (non-hydrogen) atoms. The molecule has 0 saturated heterocycles. The van der Waals surface area contributed by atoms with Crippen LogP contribution in [0.2, 0.25) is 5.02 Å². The first-order valence-electron chi connectivity index (χ1n) is 5.89. The van der Waals surface area contributed by atoms with Crippen molar-refractivity contribution in [3.63, 3.8) is 0 Å². The van der Waals surface area contributed by atoms with Crippen molar-refractivity contribution in [1.82, 2.24) is 5.32 Å². The van der Waals surface area contributed by atoms with E-state index in [4.69, 9.17) is 17.3 Å². The third-order valence-corrected chi connectivity index (χ3v) is 3.42. The summed E-state index contributed by atoms with van der Waals surface area (Å²) in [5.41, 5.74) is 7.68. The van der Waals surface area contributed by atoms with Crippen LogP contribution in [0.25, 0.3) is 0 Å². The number of hydrogen-bond acceptors (Lipinski definition) is 2. The molecular weight excluding hydrogens is 342 g/mol. The molecule has 2 amide bonds. The van der Waals surface area contributed by atoms with E-state index in [1.54, 1.807) is 18.2 Å². The molecule has 6 heteroatoms. The minimum atomic E-state index is -0.300. The monoisotopic (exact) mass is 353 g/mol. The van der Waals surface area contributed by atoms with Gasteiger partial charge >= 0.3 is 6.03 Å². The highest BCUT2D eigenvalue weighted by Gasteiger charge is 2.04. The number of hydrogen-bond donors (Lipinski definition) is 3. The lowest BCUT2D eigenvalue weighted by Gasteiger charge is -2.09. The lowest BCUT2D eigenvalue weighted by atomic mass is 10.2. The average molecular weight is 355 g/mol. The van der Waals surface area contributed by atoms with Crippen LogP contribution in [0.4, 0.5) is 16.2 Å². The summed E-state index contributed by atoms with van der Waals surface area (Å²) >= 11 is 9.27. The largest absolute Gasteiger partial charge is 0.398 e. The van der Waals surface area contributed by atoms with E-state index < -0.39 is 0 Å². The van der Waals surface area contributed by atoms with Gasteiger partial charge in [-0.25, -0.2) is 4.79 Å². The van der Waals surface area contributed by atoms with Crippen molar-refractivity contribution >= 4 is 44.9 Å². The van der Waals surface area contributed by atoms with Gasteiger partial charge in [-0.15, -0.1) is 0 Å². The third kappa shape index (κ3) is 4.15. The normalized spacial score (nSPS) is 10.1. The lowest BCUT2D eigenvalue weighted by Crippen LogP contribution is -2.28. The second-order valence-electron chi connectivity index (χ2n) is 4.17. The standard InChI is InChI=1S/C14H13BrClN3O/c15-10-3-1-2-9(6-10)8-18-14(20)19-11-4-5-13(17)12(16)7-11/h1-7H,8,17H2,(H2,18,19,20). The SMILES string of the molecule is Nc1ccc(NC(=O)NCc2cccc(Br)c2)cc1Cl. The number of urea groups is 1. The van der Waals surface area contributed by atoms with Gasteiger partial charge in [0.15, 0.2) is 0 Å². The number of rotatable bonds is 3. The average Bonchev–Trinajstić information content (AvgIpc) is 2.41. The van der Waals surface area contributed by atoms with Crippen molar-refractivity contribution in [2.45, 2.75) is 6.54 Å². The molecule has 2 aromatic rings. The zero-order chi connectivity index (χ0) is 14.5. The van der Waals surface area contributed by atoms with Gasteiger partial charge in [-0.1, -0.05) is 39.7 Å².